The van der Waals surface area contributed by atoms with Crippen molar-refractivity contribution in [3.05, 3.63) is 54.6 Å². The fraction of sp³-hybridized carbons (Fsp3) is 0. The average molecular weight is 223 g/mol. The number of hydrogen-bond acceptors (Lipinski definition) is 3. The summed E-state index contributed by atoms with van der Waals surface area (Å²) < 4.78 is 1.74. The summed E-state index contributed by atoms with van der Waals surface area (Å²) in [6.07, 6.45) is 5.83. The van der Waals surface area contributed by atoms with Gasteiger partial charge in [-0.3, -0.25) is 14.2 Å². The second-order valence-electron chi connectivity index (χ2n) is 3.63. The van der Waals surface area contributed by atoms with Crippen molar-refractivity contribution < 1.29 is 4.79 Å². The first-order chi connectivity index (χ1) is 8.40. The predicted molar refractivity (Wildman–Crippen MR) is 63.8 cm³/mol. The van der Waals surface area contributed by atoms with E-state index in [9.17, 15) is 4.79 Å². The molecule has 3 aromatic rings. The smallest absolute Gasteiger partial charge is 0.169 e. The Balaban J connectivity index is 2.33. The van der Waals surface area contributed by atoms with Gasteiger partial charge in [-0.2, -0.15) is 0 Å². The quantitative estimate of drug-likeness (QED) is 0.626. The maximum absolute atomic E-state index is 11.2. The van der Waals surface area contributed by atoms with Crippen LogP contribution in [0.3, 0.4) is 0 Å². The first-order valence-corrected chi connectivity index (χ1v) is 5.23. The van der Waals surface area contributed by atoms with Gasteiger partial charge in [0.15, 0.2) is 11.9 Å². The molecular weight excluding hydrogens is 214 g/mol. The van der Waals surface area contributed by atoms with Crippen molar-refractivity contribution in [3.63, 3.8) is 0 Å². The highest BCUT2D eigenvalue weighted by atomic mass is 16.1. The van der Waals surface area contributed by atoms with Crippen LogP contribution in [0.25, 0.3) is 16.9 Å². The lowest BCUT2D eigenvalue weighted by Crippen LogP contribution is -1.92. The van der Waals surface area contributed by atoms with Gasteiger partial charge in [0.05, 0.1) is 6.20 Å². The highest BCUT2D eigenvalue weighted by Crippen LogP contribution is 2.22. The van der Waals surface area contributed by atoms with Gasteiger partial charge in [0.2, 0.25) is 0 Å². The van der Waals surface area contributed by atoms with E-state index in [2.05, 4.69) is 9.97 Å². The average Bonchev–Trinajstić information content (AvgIpc) is 2.78. The van der Waals surface area contributed by atoms with Crippen LogP contribution >= 0.6 is 0 Å². The molecule has 0 radical (unpaired) electrons. The molecule has 0 aliphatic carbocycles. The Kier molecular flexibility index (Phi) is 2.19. The maximum atomic E-state index is 11.2. The molecule has 0 saturated carbocycles. The van der Waals surface area contributed by atoms with E-state index in [1.165, 1.54) is 0 Å². The highest BCUT2D eigenvalue weighted by molar-refractivity contribution is 5.86. The van der Waals surface area contributed by atoms with Crippen molar-refractivity contribution in [3.8, 4) is 11.3 Å². The van der Waals surface area contributed by atoms with E-state index in [0.29, 0.717) is 17.0 Å². The summed E-state index contributed by atoms with van der Waals surface area (Å²) in [4.78, 5) is 19.6. The summed E-state index contributed by atoms with van der Waals surface area (Å²) in [7, 11) is 0. The molecule has 0 amide bonds. The fourth-order valence-electron chi connectivity index (χ4n) is 1.85. The summed E-state index contributed by atoms with van der Waals surface area (Å²) >= 11 is 0. The van der Waals surface area contributed by atoms with E-state index in [1.807, 2.05) is 30.3 Å². The van der Waals surface area contributed by atoms with Crippen molar-refractivity contribution in [1.82, 2.24) is 14.4 Å². The topological polar surface area (TPSA) is 47.3 Å². The molecule has 2 heterocycles. The standard InChI is InChI=1S/C13H9N3O/c17-9-11-13(10-4-2-1-3-5-10)15-12-8-14-6-7-16(11)12/h1-9H. The molecule has 1 aromatic carbocycles. The number of aromatic nitrogens is 3. The zero-order valence-corrected chi connectivity index (χ0v) is 8.95. The van der Waals surface area contributed by atoms with Gasteiger partial charge in [0.1, 0.15) is 11.4 Å². The lowest BCUT2D eigenvalue weighted by Gasteiger charge is -1.97. The van der Waals surface area contributed by atoms with Crippen LogP contribution in [0.2, 0.25) is 0 Å². The third kappa shape index (κ3) is 1.50. The SMILES string of the molecule is O=Cc1c(-c2ccccc2)nc2cnccn12. The lowest BCUT2D eigenvalue weighted by molar-refractivity contribution is 0.111. The molecule has 0 N–H and O–H groups in total. The molecule has 4 heteroatoms. The van der Waals surface area contributed by atoms with Crippen LogP contribution in [-0.2, 0) is 0 Å². The molecule has 2 aromatic heterocycles. The minimum Gasteiger partial charge on any atom is -0.296 e. The van der Waals surface area contributed by atoms with Crippen molar-refractivity contribution in [2.45, 2.75) is 0 Å². The third-order valence-corrected chi connectivity index (χ3v) is 2.63. The number of imidazole rings is 1. The fourth-order valence-corrected chi connectivity index (χ4v) is 1.85. The minimum absolute atomic E-state index is 0.550. The first kappa shape index (κ1) is 9.72. The van der Waals surface area contributed by atoms with E-state index in [0.717, 1.165) is 11.8 Å². The van der Waals surface area contributed by atoms with Gasteiger partial charge in [-0.25, -0.2) is 4.98 Å². The van der Waals surface area contributed by atoms with Crippen LogP contribution in [0.1, 0.15) is 10.5 Å². The Labute approximate surface area is 97.6 Å². The molecule has 0 spiro atoms. The normalized spacial score (nSPS) is 10.6. The Morgan fingerprint density at radius 3 is 2.76 bits per heavy atom. The predicted octanol–water partition coefficient (Wildman–Crippen LogP) is 2.21. The van der Waals surface area contributed by atoms with Gasteiger partial charge < -0.3 is 0 Å². The van der Waals surface area contributed by atoms with Gasteiger partial charge >= 0.3 is 0 Å². The van der Waals surface area contributed by atoms with Gasteiger partial charge in [-0.1, -0.05) is 30.3 Å². The van der Waals surface area contributed by atoms with Crippen LogP contribution in [0.5, 0.6) is 0 Å². The van der Waals surface area contributed by atoms with Crippen molar-refractivity contribution in [2.24, 2.45) is 0 Å². The van der Waals surface area contributed by atoms with Gasteiger partial charge in [-0.05, 0) is 0 Å². The Morgan fingerprint density at radius 1 is 1.18 bits per heavy atom. The molecule has 4 nitrogen and oxygen atoms in total. The molecule has 0 bridgehead atoms. The Hall–Kier alpha value is -2.49. The van der Waals surface area contributed by atoms with Crippen molar-refractivity contribution in [2.75, 3.05) is 0 Å². The molecule has 17 heavy (non-hydrogen) atoms. The number of aldehydes is 1. The first-order valence-electron chi connectivity index (χ1n) is 5.23. The number of fused-ring (bicyclic) bond motifs is 1. The lowest BCUT2D eigenvalue weighted by atomic mass is 10.1. The zero-order valence-electron chi connectivity index (χ0n) is 8.95. The van der Waals surface area contributed by atoms with E-state index >= 15 is 0 Å². The molecule has 82 valence electrons. The molecule has 0 atom stereocenters. The van der Waals surface area contributed by atoms with Crippen molar-refractivity contribution >= 4 is 11.9 Å². The van der Waals surface area contributed by atoms with Crippen LogP contribution in [-0.4, -0.2) is 20.7 Å². The van der Waals surface area contributed by atoms with E-state index in [1.54, 1.807) is 23.0 Å². The number of benzene rings is 1. The van der Waals surface area contributed by atoms with Gasteiger partial charge in [0.25, 0.3) is 0 Å². The molecular formula is C13H9N3O. The summed E-state index contributed by atoms with van der Waals surface area (Å²) in [5, 5.41) is 0. The number of hydrogen-bond donors (Lipinski definition) is 0. The van der Waals surface area contributed by atoms with E-state index in [-0.39, 0.29) is 0 Å². The van der Waals surface area contributed by atoms with Crippen LogP contribution in [0, 0.1) is 0 Å². The zero-order chi connectivity index (χ0) is 11.7. The number of carbonyl (C=O) groups is 1. The molecule has 3 rings (SSSR count). The largest absolute Gasteiger partial charge is 0.296 e. The number of rotatable bonds is 2. The van der Waals surface area contributed by atoms with Crippen molar-refractivity contribution in [1.29, 1.82) is 0 Å². The maximum Gasteiger partial charge on any atom is 0.169 e. The minimum atomic E-state index is 0.550. The van der Waals surface area contributed by atoms with E-state index < -0.39 is 0 Å². The number of nitrogens with zero attached hydrogens (tertiary/aromatic N) is 3. The van der Waals surface area contributed by atoms with Gasteiger partial charge in [0, 0.05) is 18.0 Å². The second kappa shape index (κ2) is 3.83. The van der Waals surface area contributed by atoms with Gasteiger partial charge in [-0.15, -0.1) is 0 Å². The summed E-state index contributed by atoms with van der Waals surface area (Å²) in [5.74, 6) is 0. The molecule has 0 aliphatic rings. The number of carbonyl (C=O) groups excluding carboxylic acids is 1. The molecule has 0 unspecified atom stereocenters. The highest BCUT2D eigenvalue weighted by Gasteiger charge is 2.12. The third-order valence-electron chi connectivity index (χ3n) is 2.63. The monoisotopic (exact) mass is 223 g/mol. The van der Waals surface area contributed by atoms with Crippen LogP contribution in [0.4, 0.5) is 0 Å². The summed E-state index contributed by atoms with van der Waals surface area (Å²) in [6.45, 7) is 0. The van der Waals surface area contributed by atoms with Crippen LogP contribution < -0.4 is 0 Å². The molecule has 0 fully saturated rings. The molecule has 0 aliphatic heterocycles. The molecule has 0 saturated heterocycles. The second-order valence-corrected chi connectivity index (χ2v) is 3.63. The summed E-state index contributed by atoms with van der Waals surface area (Å²) in [6, 6.07) is 9.64. The Bertz CT molecular complexity index is 673. The summed E-state index contributed by atoms with van der Waals surface area (Å²) in [5.41, 5.74) is 2.84. The van der Waals surface area contributed by atoms with E-state index in [4.69, 9.17) is 0 Å². The van der Waals surface area contributed by atoms with Crippen LogP contribution in [0.15, 0.2) is 48.9 Å². The Morgan fingerprint density at radius 2 is 2.00 bits per heavy atom.